The van der Waals surface area contributed by atoms with Gasteiger partial charge in [-0.3, -0.25) is 10.1 Å². The molecule has 3 N–H and O–H groups in total. The van der Waals surface area contributed by atoms with E-state index in [0.717, 1.165) is 19.5 Å². The van der Waals surface area contributed by atoms with Crippen molar-refractivity contribution in [1.29, 1.82) is 0 Å². The highest BCUT2D eigenvalue weighted by Gasteiger charge is 2.25. The molecule has 0 amide bonds. The van der Waals surface area contributed by atoms with E-state index in [1.54, 1.807) is 0 Å². The predicted molar refractivity (Wildman–Crippen MR) is 73.9 cm³/mol. The lowest BCUT2D eigenvalue weighted by Crippen LogP contribution is -2.39. The van der Waals surface area contributed by atoms with Gasteiger partial charge in [0.15, 0.2) is 0 Å². The lowest BCUT2D eigenvalue weighted by Gasteiger charge is -2.36. The van der Waals surface area contributed by atoms with Crippen LogP contribution in [0.25, 0.3) is 0 Å². The minimum atomic E-state index is -0.429. The number of hydrazine groups is 1. The Hall–Kier alpha value is -1.89. The number of hydrogen-bond donors (Lipinski definition) is 2. The van der Waals surface area contributed by atoms with Crippen LogP contribution in [0, 0.1) is 22.0 Å². The monoisotopic (exact) mass is 265 g/mol. The lowest BCUT2D eigenvalue weighted by molar-refractivity contribution is -0.384. The van der Waals surface area contributed by atoms with E-state index in [4.69, 9.17) is 5.84 Å². The number of pyridine rings is 1. The van der Waals surface area contributed by atoms with E-state index in [1.165, 1.54) is 12.1 Å². The molecule has 1 aliphatic heterocycles. The van der Waals surface area contributed by atoms with Crippen LogP contribution in [0.3, 0.4) is 0 Å². The van der Waals surface area contributed by atoms with E-state index in [-0.39, 0.29) is 5.69 Å². The van der Waals surface area contributed by atoms with E-state index in [1.807, 2.05) is 0 Å². The molecule has 0 aromatic carbocycles. The van der Waals surface area contributed by atoms with Gasteiger partial charge in [-0.25, -0.2) is 10.8 Å². The van der Waals surface area contributed by atoms with Crippen LogP contribution in [0.1, 0.15) is 20.3 Å². The van der Waals surface area contributed by atoms with Crippen molar-refractivity contribution in [3.8, 4) is 0 Å². The lowest BCUT2D eigenvalue weighted by atomic mass is 9.89. The first-order chi connectivity index (χ1) is 9.01. The standard InChI is InChI=1S/C12H19N5O2/c1-8-3-4-16(7-9(8)2)12-6-10(17(18)19)5-11(14-12)15-13/h5-6,8-9H,3-4,7,13H2,1-2H3,(H,14,15). The molecule has 2 atom stereocenters. The second kappa shape index (κ2) is 5.40. The third kappa shape index (κ3) is 2.93. The predicted octanol–water partition coefficient (Wildman–Crippen LogP) is 1.76. The van der Waals surface area contributed by atoms with Crippen LogP contribution in [0.4, 0.5) is 17.3 Å². The van der Waals surface area contributed by atoms with Gasteiger partial charge < -0.3 is 10.3 Å². The first-order valence-corrected chi connectivity index (χ1v) is 6.39. The highest BCUT2D eigenvalue weighted by molar-refractivity contribution is 5.55. The number of aromatic nitrogens is 1. The Labute approximate surface area is 111 Å². The Morgan fingerprint density at radius 3 is 2.79 bits per heavy atom. The van der Waals surface area contributed by atoms with Crippen LogP contribution in [0.2, 0.25) is 0 Å². The molecule has 1 fully saturated rings. The van der Waals surface area contributed by atoms with Crippen LogP contribution < -0.4 is 16.2 Å². The summed E-state index contributed by atoms with van der Waals surface area (Å²) in [7, 11) is 0. The summed E-state index contributed by atoms with van der Waals surface area (Å²) >= 11 is 0. The van der Waals surface area contributed by atoms with Gasteiger partial charge in [0.2, 0.25) is 0 Å². The maximum atomic E-state index is 10.9. The number of nitro groups is 1. The van der Waals surface area contributed by atoms with E-state index >= 15 is 0 Å². The fraction of sp³-hybridized carbons (Fsp3) is 0.583. The maximum Gasteiger partial charge on any atom is 0.276 e. The summed E-state index contributed by atoms with van der Waals surface area (Å²) in [6.45, 7) is 6.15. The summed E-state index contributed by atoms with van der Waals surface area (Å²) < 4.78 is 0. The molecule has 19 heavy (non-hydrogen) atoms. The number of nitrogens with two attached hydrogens (primary N) is 1. The quantitative estimate of drug-likeness (QED) is 0.491. The summed E-state index contributed by atoms with van der Waals surface area (Å²) in [5.41, 5.74) is 2.38. The molecule has 2 heterocycles. The highest BCUT2D eigenvalue weighted by atomic mass is 16.6. The SMILES string of the molecule is CC1CCN(c2cc([N+](=O)[O-])cc(NN)n2)CC1C. The van der Waals surface area contributed by atoms with Crippen LogP contribution in [-0.4, -0.2) is 23.0 Å². The average Bonchev–Trinajstić information content (AvgIpc) is 2.41. The zero-order valence-corrected chi connectivity index (χ0v) is 11.2. The largest absolute Gasteiger partial charge is 0.356 e. The molecule has 1 aliphatic rings. The molecular weight excluding hydrogens is 246 g/mol. The fourth-order valence-corrected chi connectivity index (χ4v) is 2.31. The van der Waals surface area contributed by atoms with Gasteiger partial charge in [-0.15, -0.1) is 0 Å². The Bertz CT molecular complexity index is 479. The molecule has 2 rings (SSSR count). The second-order valence-electron chi connectivity index (χ2n) is 5.16. The molecule has 7 nitrogen and oxygen atoms in total. The van der Waals surface area contributed by atoms with Crippen molar-refractivity contribution >= 4 is 17.3 Å². The minimum Gasteiger partial charge on any atom is -0.356 e. The summed E-state index contributed by atoms with van der Waals surface area (Å²) in [6.07, 6.45) is 1.07. The number of rotatable bonds is 3. The maximum absolute atomic E-state index is 10.9. The number of anilines is 2. The van der Waals surface area contributed by atoms with E-state index < -0.39 is 4.92 Å². The van der Waals surface area contributed by atoms with Crippen molar-refractivity contribution in [3.05, 3.63) is 22.2 Å². The molecule has 0 radical (unpaired) electrons. The van der Waals surface area contributed by atoms with E-state index in [0.29, 0.717) is 23.5 Å². The number of nitrogens with one attached hydrogen (secondary N) is 1. The minimum absolute atomic E-state index is 0.00391. The molecule has 1 aromatic heterocycles. The molecule has 7 heteroatoms. The number of piperidine rings is 1. The van der Waals surface area contributed by atoms with Gasteiger partial charge in [0.1, 0.15) is 11.6 Å². The summed E-state index contributed by atoms with van der Waals surface area (Å²) in [5, 5.41) is 10.9. The number of nitrogens with zero attached hydrogens (tertiary/aromatic N) is 3. The highest BCUT2D eigenvalue weighted by Crippen LogP contribution is 2.29. The molecule has 104 valence electrons. The van der Waals surface area contributed by atoms with Crippen molar-refractivity contribution in [1.82, 2.24) is 4.98 Å². The fourth-order valence-electron chi connectivity index (χ4n) is 2.31. The summed E-state index contributed by atoms with van der Waals surface area (Å²) in [5.74, 6) is 7.45. The first-order valence-electron chi connectivity index (χ1n) is 6.39. The van der Waals surface area contributed by atoms with Crippen LogP contribution in [-0.2, 0) is 0 Å². The van der Waals surface area contributed by atoms with E-state index in [9.17, 15) is 10.1 Å². The smallest absolute Gasteiger partial charge is 0.276 e. The Morgan fingerprint density at radius 1 is 1.47 bits per heavy atom. The van der Waals surface area contributed by atoms with Crippen molar-refractivity contribution in [2.75, 3.05) is 23.4 Å². The average molecular weight is 265 g/mol. The van der Waals surface area contributed by atoms with Gasteiger partial charge in [-0.1, -0.05) is 13.8 Å². The molecular formula is C12H19N5O2. The van der Waals surface area contributed by atoms with Gasteiger partial charge in [0.05, 0.1) is 17.1 Å². The molecule has 0 bridgehead atoms. The first kappa shape index (κ1) is 13.5. The third-order valence-corrected chi connectivity index (χ3v) is 3.81. The molecule has 2 unspecified atom stereocenters. The Balaban J connectivity index is 2.28. The van der Waals surface area contributed by atoms with Crippen molar-refractivity contribution in [2.45, 2.75) is 20.3 Å². The number of nitrogen functional groups attached to an aromatic ring is 1. The third-order valence-electron chi connectivity index (χ3n) is 3.81. The normalized spacial score (nSPS) is 23.2. The topological polar surface area (TPSA) is 97.3 Å². The summed E-state index contributed by atoms with van der Waals surface area (Å²) in [4.78, 5) is 16.9. The van der Waals surface area contributed by atoms with Crippen molar-refractivity contribution in [3.63, 3.8) is 0 Å². The second-order valence-corrected chi connectivity index (χ2v) is 5.16. The zero-order valence-electron chi connectivity index (χ0n) is 11.2. The van der Waals surface area contributed by atoms with Gasteiger partial charge in [-0.05, 0) is 18.3 Å². The molecule has 0 saturated carbocycles. The van der Waals surface area contributed by atoms with Crippen LogP contribution >= 0.6 is 0 Å². The molecule has 0 spiro atoms. The number of hydrogen-bond acceptors (Lipinski definition) is 6. The van der Waals surface area contributed by atoms with E-state index in [2.05, 4.69) is 29.2 Å². The molecule has 0 aliphatic carbocycles. The van der Waals surface area contributed by atoms with Gasteiger partial charge >= 0.3 is 0 Å². The van der Waals surface area contributed by atoms with Gasteiger partial charge in [0, 0.05) is 13.1 Å². The van der Waals surface area contributed by atoms with Crippen molar-refractivity contribution in [2.24, 2.45) is 17.7 Å². The summed E-state index contributed by atoms with van der Waals surface area (Å²) in [6, 6.07) is 2.84. The Kier molecular flexibility index (Phi) is 3.84. The van der Waals surface area contributed by atoms with Crippen molar-refractivity contribution < 1.29 is 4.92 Å². The van der Waals surface area contributed by atoms with Crippen LogP contribution in [0.5, 0.6) is 0 Å². The molecule has 1 saturated heterocycles. The Morgan fingerprint density at radius 2 is 2.21 bits per heavy atom. The zero-order chi connectivity index (χ0) is 14.0. The van der Waals surface area contributed by atoms with Gasteiger partial charge in [0.25, 0.3) is 5.69 Å². The van der Waals surface area contributed by atoms with Gasteiger partial charge in [-0.2, -0.15) is 0 Å². The van der Waals surface area contributed by atoms with Crippen LogP contribution in [0.15, 0.2) is 12.1 Å². The molecule has 1 aromatic rings.